The number of alkyl halides is 8. The van der Waals surface area contributed by atoms with E-state index in [9.17, 15) is 40.2 Å². The van der Waals surface area contributed by atoms with Gasteiger partial charge in [0, 0.05) is 16.3 Å². The molecule has 0 aromatic heterocycles. The topological polar surface area (TPSA) is 41.8 Å². The number of ether oxygens (including phenoxy) is 1. The van der Waals surface area contributed by atoms with Crippen LogP contribution in [-0.4, -0.2) is 42.1 Å². The molecule has 0 radical (unpaired) electrons. The maximum atomic E-state index is 13.7. The van der Waals surface area contributed by atoms with E-state index in [0.717, 1.165) is 12.3 Å². The Bertz CT molecular complexity index is 970. The summed E-state index contributed by atoms with van der Waals surface area (Å²) in [5, 5.41) is 9.98. The van der Waals surface area contributed by atoms with Crippen molar-refractivity contribution >= 4 is 43.8 Å². The Morgan fingerprint density at radius 3 is 2.26 bits per heavy atom. The number of aliphatic imine (C=N–C) groups is 1. The first kappa shape index (κ1) is 25.4. The predicted molar refractivity (Wildman–Crippen MR) is 104 cm³/mol. The Labute approximate surface area is 187 Å². The average Bonchev–Trinajstić information content (AvgIpc) is 2.68. The number of phenols is 1. The SMILES string of the molecule is Oc1c(Br)cc(Br)cc1C=Nc1ccccc1OCC(F)(F)C(F)(F)C(F)(F)C(F)F. The second-order valence-corrected chi connectivity index (χ2v) is 7.81. The molecule has 0 saturated carbocycles. The Morgan fingerprint density at radius 1 is 1.03 bits per heavy atom. The Morgan fingerprint density at radius 2 is 1.65 bits per heavy atom. The molecule has 2 aromatic carbocycles. The Hall–Kier alpha value is -1.89. The van der Waals surface area contributed by atoms with Crippen LogP contribution in [0.4, 0.5) is 40.8 Å². The summed E-state index contributed by atoms with van der Waals surface area (Å²) in [4.78, 5) is 3.91. The molecule has 0 saturated heterocycles. The van der Waals surface area contributed by atoms with Crippen molar-refractivity contribution in [3.63, 3.8) is 0 Å². The molecular formula is C18H11Br2F8NO2. The number of phenolic OH excluding ortho intramolecular Hbond substituents is 1. The molecule has 0 aliphatic rings. The van der Waals surface area contributed by atoms with Gasteiger partial charge in [0.2, 0.25) is 0 Å². The van der Waals surface area contributed by atoms with E-state index in [4.69, 9.17) is 0 Å². The van der Waals surface area contributed by atoms with Crippen molar-refractivity contribution in [1.82, 2.24) is 0 Å². The molecule has 0 amide bonds. The lowest BCUT2D eigenvalue weighted by Gasteiger charge is -2.32. The normalized spacial score (nSPS) is 13.3. The standard InChI is InChI=1S/C18H11Br2F8NO2/c19-10-5-9(14(30)11(20)6-10)7-29-12-3-1-2-4-13(12)31-8-16(23,24)18(27,28)17(25,26)15(21)22/h1-7,15,30H,8H2. The van der Waals surface area contributed by atoms with Gasteiger partial charge in [0.15, 0.2) is 6.61 Å². The fourth-order valence-electron chi connectivity index (χ4n) is 2.15. The van der Waals surface area contributed by atoms with Crippen LogP contribution in [0.2, 0.25) is 0 Å². The van der Waals surface area contributed by atoms with E-state index in [0.29, 0.717) is 8.95 Å². The first-order valence-electron chi connectivity index (χ1n) is 8.06. The Balaban J connectivity index is 2.27. The third-order valence-electron chi connectivity index (χ3n) is 3.83. The highest BCUT2D eigenvalue weighted by molar-refractivity contribution is 9.11. The number of halogens is 10. The lowest BCUT2D eigenvalue weighted by molar-refractivity contribution is -0.342. The summed E-state index contributed by atoms with van der Waals surface area (Å²) in [6.45, 7) is -2.32. The van der Waals surface area contributed by atoms with Crippen molar-refractivity contribution in [2.75, 3.05) is 6.61 Å². The van der Waals surface area contributed by atoms with Crippen molar-refractivity contribution in [3.8, 4) is 11.5 Å². The fraction of sp³-hybridized carbons (Fsp3) is 0.278. The lowest BCUT2D eigenvalue weighted by atomic mass is 10.1. The van der Waals surface area contributed by atoms with Crippen LogP contribution in [0.5, 0.6) is 11.5 Å². The summed E-state index contributed by atoms with van der Waals surface area (Å²) in [5.41, 5.74) is -0.0118. The molecule has 31 heavy (non-hydrogen) atoms. The molecule has 0 spiro atoms. The van der Waals surface area contributed by atoms with Gasteiger partial charge in [-0.2, -0.15) is 26.3 Å². The predicted octanol–water partition coefficient (Wildman–Crippen LogP) is 7.22. The molecule has 170 valence electrons. The minimum absolute atomic E-state index is 0.171. The number of aromatic hydroxyl groups is 1. The van der Waals surface area contributed by atoms with Gasteiger partial charge in [-0.1, -0.05) is 28.1 Å². The van der Waals surface area contributed by atoms with Gasteiger partial charge in [-0.05, 0) is 40.2 Å². The number of para-hydroxylation sites is 2. The molecule has 0 atom stereocenters. The highest BCUT2D eigenvalue weighted by Crippen LogP contribution is 2.48. The molecule has 0 fully saturated rings. The van der Waals surface area contributed by atoms with E-state index < -0.39 is 36.5 Å². The molecule has 2 aromatic rings. The first-order valence-corrected chi connectivity index (χ1v) is 9.65. The smallest absolute Gasteiger partial charge is 0.381 e. The van der Waals surface area contributed by atoms with Crippen LogP contribution in [0.15, 0.2) is 50.3 Å². The number of rotatable bonds is 8. The molecular weight excluding hydrogens is 574 g/mol. The molecule has 13 heteroatoms. The molecule has 0 aliphatic carbocycles. The molecule has 0 bridgehead atoms. The zero-order valence-corrected chi connectivity index (χ0v) is 18.1. The zero-order valence-electron chi connectivity index (χ0n) is 14.9. The molecule has 3 nitrogen and oxygen atoms in total. The average molecular weight is 585 g/mol. The van der Waals surface area contributed by atoms with E-state index in [-0.39, 0.29) is 17.0 Å². The number of hydrogen-bond donors (Lipinski definition) is 1. The first-order chi connectivity index (χ1) is 14.2. The third kappa shape index (κ3) is 5.30. The zero-order chi connectivity index (χ0) is 23.6. The van der Waals surface area contributed by atoms with Crippen molar-refractivity contribution in [1.29, 1.82) is 0 Å². The molecule has 1 N–H and O–H groups in total. The summed E-state index contributed by atoms with van der Waals surface area (Å²) < 4.78 is 110. The summed E-state index contributed by atoms with van der Waals surface area (Å²) in [6, 6.07) is 7.87. The van der Waals surface area contributed by atoms with Crippen LogP contribution in [-0.2, 0) is 0 Å². The van der Waals surface area contributed by atoms with Gasteiger partial charge in [0.25, 0.3) is 0 Å². The van der Waals surface area contributed by atoms with Gasteiger partial charge in [-0.25, -0.2) is 8.78 Å². The molecule has 0 unspecified atom stereocenters. The van der Waals surface area contributed by atoms with Crippen LogP contribution >= 0.6 is 31.9 Å². The van der Waals surface area contributed by atoms with E-state index >= 15 is 0 Å². The maximum absolute atomic E-state index is 13.7. The van der Waals surface area contributed by atoms with E-state index in [2.05, 4.69) is 41.6 Å². The lowest BCUT2D eigenvalue weighted by Crippen LogP contribution is -2.59. The van der Waals surface area contributed by atoms with Gasteiger partial charge >= 0.3 is 24.2 Å². The monoisotopic (exact) mass is 583 g/mol. The summed E-state index contributed by atoms with van der Waals surface area (Å²) in [5.74, 6) is -19.0. The van der Waals surface area contributed by atoms with Crippen LogP contribution < -0.4 is 4.74 Å². The highest BCUT2D eigenvalue weighted by Gasteiger charge is 2.75. The van der Waals surface area contributed by atoms with Crippen LogP contribution in [0, 0.1) is 0 Å². The highest BCUT2D eigenvalue weighted by atomic mass is 79.9. The minimum atomic E-state index is -6.37. The fourth-order valence-corrected chi connectivity index (χ4v) is 3.41. The van der Waals surface area contributed by atoms with Crippen molar-refractivity contribution < 1.29 is 45.0 Å². The van der Waals surface area contributed by atoms with Crippen LogP contribution in [0.25, 0.3) is 0 Å². The van der Waals surface area contributed by atoms with E-state index in [1.807, 2.05) is 0 Å². The minimum Gasteiger partial charge on any atom is -0.506 e. The summed E-state index contributed by atoms with van der Waals surface area (Å²) in [6.07, 6.45) is -3.91. The molecule has 0 aliphatic heterocycles. The number of hydrogen-bond acceptors (Lipinski definition) is 3. The van der Waals surface area contributed by atoms with Gasteiger partial charge < -0.3 is 9.84 Å². The van der Waals surface area contributed by atoms with Crippen molar-refractivity contribution in [2.24, 2.45) is 4.99 Å². The molecule has 0 heterocycles. The van der Waals surface area contributed by atoms with E-state index in [1.54, 1.807) is 0 Å². The maximum Gasteiger partial charge on any atom is 0.381 e. The van der Waals surface area contributed by atoms with Gasteiger partial charge in [-0.15, -0.1) is 0 Å². The van der Waals surface area contributed by atoms with Crippen LogP contribution in [0.1, 0.15) is 5.56 Å². The van der Waals surface area contributed by atoms with E-state index in [1.165, 1.54) is 30.3 Å². The second-order valence-electron chi connectivity index (χ2n) is 6.04. The summed E-state index contributed by atoms with van der Waals surface area (Å²) >= 11 is 6.28. The van der Waals surface area contributed by atoms with Gasteiger partial charge in [0.1, 0.15) is 17.2 Å². The quantitative estimate of drug-likeness (QED) is 0.263. The van der Waals surface area contributed by atoms with Gasteiger partial charge in [-0.3, -0.25) is 4.99 Å². The van der Waals surface area contributed by atoms with Crippen LogP contribution in [0.3, 0.4) is 0 Å². The third-order valence-corrected chi connectivity index (χ3v) is 4.89. The van der Waals surface area contributed by atoms with Crippen molar-refractivity contribution in [3.05, 3.63) is 50.9 Å². The summed E-state index contributed by atoms with van der Waals surface area (Å²) in [7, 11) is 0. The second kappa shape index (κ2) is 9.31. The van der Waals surface area contributed by atoms with Gasteiger partial charge in [0.05, 0.1) is 4.47 Å². The number of nitrogens with zero attached hydrogens (tertiary/aromatic N) is 1. The van der Waals surface area contributed by atoms with Crippen molar-refractivity contribution in [2.45, 2.75) is 24.2 Å². The largest absolute Gasteiger partial charge is 0.506 e. The molecule has 2 rings (SSSR count). The Kier molecular flexibility index (Phi) is 7.62. The number of benzene rings is 2.